The summed E-state index contributed by atoms with van der Waals surface area (Å²) in [6.07, 6.45) is 22.8. The maximum atomic E-state index is 4.28. The Morgan fingerprint density at radius 2 is 1.30 bits per heavy atom. The summed E-state index contributed by atoms with van der Waals surface area (Å²) in [5.41, 5.74) is 8.26. The molecule has 0 N–H and O–H groups in total. The molecule has 0 unspecified atom stereocenters. The number of hydrogen-bond donors (Lipinski definition) is 0. The predicted molar refractivity (Wildman–Crippen MR) is 99.3 cm³/mol. The van der Waals surface area contributed by atoms with E-state index in [0.717, 1.165) is 20.9 Å². The molecule has 0 saturated carbocycles. The third-order valence-corrected chi connectivity index (χ3v) is 3.93. The Labute approximate surface area is 139 Å². The van der Waals surface area contributed by atoms with Gasteiger partial charge < -0.3 is 0 Å². The second kappa shape index (κ2) is 7.88. The van der Waals surface area contributed by atoms with Crippen LogP contribution in [0, 0.1) is 0 Å². The average Bonchev–Trinajstić information content (AvgIpc) is 3.31. The third kappa shape index (κ3) is 4.77. The van der Waals surface area contributed by atoms with Crippen molar-refractivity contribution in [3.8, 4) is 0 Å². The van der Waals surface area contributed by atoms with Crippen LogP contribution in [0.15, 0.2) is 106 Å². The molecule has 0 amide bonds. The molecule has 0 aromatic carbocycles. The van der Waals surface area contributed by atoms with E-state index in [9.17, 15) is 0 Å². The first-order chi connectivity index (χ1) is 11.4. The summed E-state index contributed by atoms with van der Waals surface area (Å²) in [5.74, 6) is 0. The van der Waals surface area contributed by atoms with E-state index in [1.165, 1.54) is 0 Å². The van der Waals surface area contributed by atoms with Crippen LogP contribution in [-0.4, -0.2) is 12.4 Å². The molecule has 0 spiro atoms. The molecule has 110 valence electrons. The molecule has 1 heterocycles. The van der Waals surface area contributed by atoms with Crippen LogP contribution in [0.1, 0.15) is 9.75 Å². The van der Waals surface area contributed by atoms with E-state index in [-0.39, 0.29) is 0 Å². The van der Waals surface area contributed by atoms with E-state index in [0.29, 0.717) is 0 Å². The summed E-state index contributed by atoms with van der Waals surface area (Å²) in [6.45, 7) is 0. The van der Waals surface area contributed by atoms with Gasteiger partial charge in [-0.15, -0.1) is 22.8 Å². The number of aliphatic imine (C=N–C) groups is 2. The van der Waals surface area contributed by atoms with Gasteiger partial charge in [0.2, 0.25) is 0 Å². The van der Waals surface area contributed by atoms with Crippen molar-refractivity contribution in [2.75, 3.05) is 0 Å². The summed E-state index contributed by atoms with van der Waals surface area (Å²) in [5, 5.41) is 0. The van der Waals surface area contributed by atoms with Gasteiger partial charge in [-0.1, -0.05) is 12.2 Å². The van der Waals surface area contributed by atoms with Gasteiger partial charge in [-0.05, 0) is 48.6 Å². The van der Waals surface area contributed by atoms with Gasteiger partial charge in [-0.25, -0.2) is 0 Å². The zero-order valence-corrected chi connectivity index (χ0v) is 13.2. The third-order valence-electron chi connectivity index (χ3n) is 2.98. The first-order valence-corrected chi connectivity index (χ1v) is 7.98. The van der Waals surface area contributed by atoms with E-state index in [1.807, 2.05) is 73.2 Å². The van der Waals surface area contributed by atoms with Gasteiger partial charge in [0.05, 0.1) is 0 Å². The molecule has 2 aliphatic carbocycles. The Balaban J connectivity index is 1.53. The molecular weight excluding hydrogens is 300 g/mol. The average molecular weight is 314 g/mol. The monoisotopic (exact) mass is 314 g/mol. The Hall–Kier alpha value is -2.96. The van der Waals surface area contributed by atoms with E-state index in [1.54, 1.807) is 23.7 Å². The van der Waals surface area contributed by atoms with Gasteiger partial charge in [-0.2, -0.15) is 0 Å². The fraction of sp³-hybridized carbons (Fsp3) is 0. The molecule has 0 radical (unpaired) electrons. The van der Waals surface area contributed by atoms with E-state index >= 15 is 0 Å². The second-order valence-electron chi connectivity index (χ2n) is 4.68. The van der Waals surface area contributed by atoms with Gasteiger partial charge in [0.1, 0.15) is 0 Å². The van der Waals surface area contributed by atoms with Crippen LogP contribution < -0.4 is 0 Å². The normalized spacial score (nSPS) is 16.2. The molecule has 0 bridgehead atoms. The SMILES string of the molecule is C1=CC=CC=1/C=C/N=Cc1ccc(C=N/C=C/C2=C=CC=C2)s1. The molecule has 0 saturated heterocycles. The van der Waals surface area contributed by atoms with Gasteiger partial charge in [0.25, 0.3) is 0 Å². The van der Waals surface area contributed by atoms with Crippen molar-refractivity contribution in [3.05, 3.63) is 106 Å². The molecular formula is C20H14N2S. The van der Waals surface area contributed by atoms with Crippen molar-refractivity contribution in [1.29, 1.82) is 0 Å². The molecule has 3 rings (SSSR count). The number of hydrogen-bond acceptors (Lipinski definition) is 3. The summed E-state index contributed by atoms with van der Waals surface area (Å²) >= 11 is 1.65. The van der Waals surface area contributed by atoms with E-state index in [2.05, 4.69) is 21.4 Å². The lowest BCUT2D eigenvalue weighted by Gasteiger charge is -1.84. The molecule has 2 nitrogen and oxygen atoms in total. The highest BCUT2D eigenvalue weighted by Crippen LogP contribution is 2.13. The standard InChI is InChI=1S/C20H14N2S/c1-2-6-17(5-1)11-13-21-15-19-9-10-20(23-19)16-22-14-12-18-7-3-4-8-18/h1-5,7,9-16H/b13-11+,14-12+,21-15?,22-16?. The van der Waals surface area contributed by atoms with Crippen LogP contribution in [0.4, 0.5) is 0 Å². The summed E-state index contributed by atoms with van der Waals surface area (Å²) in [4.78, 5) is 10.8. The molecule has 1 aromatic rings. The van der Waals surface area contributed by atoms with Crippen molar-refractivity contribution in [3.63, 3.8) is 0 Å². The lowest BCUT2D eigenvalue weighted by molar-refractivity contribution is 1.56. The highest BCUT2D eigenvalue weighted by Gasteiger charge is 1.94. The molecule has 3 heteroatoms. The van der Waals surface area contributed by atoms with Crippen LogP contribution in [0.3, 0.4) is 0 Å². The Kier molecular flexibility index (Phi) is 5.12. The minimum atomic E-state index is 1.04. The Bertz CT molecular complexity index is 813. The maximum Gasteiger partial charge on any atom is 0.0460 e. The van der Waals surface area contributed by atoms with Crippen molar-refractivity contribution < 1.29 is 0 Å². The zero-order chi connectivity index (χ0) is 15.7. The molecule has 0 aliphatic heterocycles. The molecule has 23 heavy (non-hydrogen) atoms. The zero-order valence-electron chi connectivity index (χ0n) is 12.4. The van der Waals surface area contributed by atoms with E-state index < -0.39 is 0 Å². The maximum absolute atomic E-state index is 4.28. The topological polar surface area (TPSA) is 24.7 Å². The largest absolute Gasteiger partial charge is 0.263 e. The van der Waals surface area contributed by atoms with Crippen molar-refractivity contribution >= 4 is 23.8 Å². The van der Waals surface area contributed by atoms with Gasteiger partial charge >= 0.3 is 0 Å². The molecule has 0 fully saturated rings. The quantitative estimate of drug-likeness (QED) is 0.526. The van der Waals surface area contributed by atoms with Crippen LogP contribution in [-0.2, 0) is 0 Å². The van der Waals surface area contributed by atoms with Gasteiger partial charge in [-0.3, -0.25) is 9.98 Å². The highest BCUT2D eigenvalue weighted by molar-refractivity contribution is 7.15. The van der Waals surface area contributed by atoms with Crippen LogP contribution in [0.5, 0.6) is 0 Å². The first-order valence-electron chi connectivity index (χ1n) is 7.16. The van der Waals surface area contributed by atoms with E-state index in [4.69, 9.17) is 0 Å². The summed E-state index contributed by atoms with van der Waals surface area (Å²) in [7, 11) is 0. The van der Waals surface area contributed by atoms with Crippen molar-refractivity contribution in [2.45, 2.75) is 0 Å². The lowest BCUT2D eigenvalue weighted by atomic mass is 10.3. The van der Waals surface area contributed by atoms with Crippen molar-refractivity contribution in [2.24, 2.45) is 9.98 Å². The minimum absolute atomic E-state index is 1.04. The summed E-state index contributed by atoms with van der Waals surface area (Å²) in [6, 6.07) is 4.07. The van der Waals surface area contributed by atoms with Crippen LogP contribution >= 0.6 is 11.3 Å². The van der Waals surface area contributed by atoms with Crippen molar-refractivity contribution in [1.82, 2.24) is 0 Å². The first kappa shape index (κ1) is 15.0. The Morgan fingerprint density at radius 1 is 0.783 bits per heavy atom. The molecule has 1 aromatic heterocycles. The lowest BCUT2D eigenvalue weighted by Crippen LogP contribution is -1.71. The number of thiophene rings is 1. The van der Waals surface area contributed by atoms with Gasteiger partial charge in [0, 0.05) is 45.7 Å². The fourth-order valence-electron chi connectivity index (χ4n) is 1.88. The smallest absolute Gasteiger partial charge is 0.0460 e. The highest BCUT2D eigenvalue weighted by atomic mass is 32.1. The second-order valence-corrected chi connectivity index (χ2v) is 5.83. The fourth-order valence-corrected chi connectivity index (χ4v) is 2.65. The van der Waals surface area contributed by atoms with Crippen LogP contribution in [0.2, 0.25) is 0 Å². The minimum Gasteiger partial charge on any atom is -0.263 e. The molecule has 0 atom stereocenters. The Morgan fingerprint density at radius 3 is 1.74 bits per heavy atom. The number of allylic oxidation sites excluding steroid dienone is 8. The summed E-state index contributed by atoms with van der Waals surface area (Å²) < 4.78 is 0. The van der Waals surface area contributed by atoms with Crippen LogP contribution in [0.25, 0.3) is 0 Å². The van der Waals surface area contributed by atoms with Gasteiger partial charge in [0.15, 0.2) is 0 Å². The predicted octanol–water partition coefficient (Wildman–Crippen LogP) is 4.92. The molecule has 2 aliphatic rings. The number of nitrogens with zero attached hydrogens (tertiary/aromatic N) is 2. The number of rotatable bonds is 6.